The summed E-state index contributed by atoms with van der Waals surface area (Å²) in [7, 11) is -0.537. The van der Waals surface area contributed by atoms with Crippen LogP contribution < -0.4 is 21.4 Å². The van der Waals surface area contributed by atoms with Crippen LogP contribution in [0, 0.1) is 33.3 Å². The minimum atomic E-state index is -0.722. The topological polar surface area (TPSA) is 157 Å². The van der Waals surface area contributed by atoms with Crippen molar-refractivity contribution in [2.75, 3.05) is 18.6 Å². The zero-order valence-electron chi connectivity index (χ0n) is 24.0. The molecule has 7 atom stereocenters. The van der Waals surface area contributed by atoms with Crippen molar-refractivity contribution in [2.45, 2.75) is 103 Å². The highest BCUT2D eigenvalue weighted by atomic mass is 32.2. The molecule has 2 heterocycles. The molecule has 3 aliphatic carbocycles. The summed E-state index contributed by atoms with van der Waals surface area (Å²) >= 11 is 1.58. The van der Waals surface area contributed by atoms with Crippen molar-refractivity contribution < 1.29 is 23.9 Å². The van der Waals surface area contributed by atoms with Crippen LogP contribution in [0.15, 0.2) is 0 Å². The third-order valence-corrected chi connectivity index (χ3v) is 9.76. The Morgan fingerprint density at radius 3 is 2.62 bits per heavy atom. The molecule has 39 heavy (non-hydrogen) atoms. The Labute approximate surface area is 236 Å². The highest BCUT2D eigenvalue weighted by molar-refractivity contribution is 7.98. The Bertz CT molecular complexity index is 929. The van der Waals surface area contributed by atoms with Gasteiger partial charge in [-0.25, -0.2) is 10.1 Å². The van der Waals surface area contributed by atoms with Crippen molar-refractivity contribution >= 4 is 30.7 Å². The molecule has 2 aliphatic heterocycles. The quantitative estimate of drug-likeness (QED) is 0.0754. The summed E-state index contributed by atoms with van der Waals surface area (Å²) in [6.45, 7) is 11.5. The van der Waals surface area contributed by atoms with Gasteiger partial charge in [0.05, 0.1) is 17.6 Å². The fourth-order valence-electron chi connectivity index (χ4n) is 6.74. The van der Waals surface area contributed by atoms with Crippen LogP contribution in [0.1, 0.15) is 73.1 Å². The maximum atomic E-state index is 13.6. The third kappa shape index (κ3) is 6.66. The van der Waals surface area contributed by atoms with Crippen LogP contribution in [0.2, 0.25) is 0 Å². The zero-order valence-corrected chi connectivity index (χ0v) is 24.8. The smallest absolute Gasteiger partial charge is 0.404 e. The lowest BCUT2D eigenvalue weighted by Gasteiger charge is -2.64. The Hall–Kier alpha value is -1.61. The summed E-state index contributed by atoms with van der Waals surface area (Å²) in [6, 6.07) is -0.722. The second-order valence-corrected chi connectivity index (χ2v) is 13.6. The Balaban J connectivity index is 1.38. The average Bonchev–Trinajstić information content (AvgIpc) is 3.55. The van der Waals surface area contributed by atoms with Crippen LogP contribution in [0.3, 0.4) is 0 Å². The van der Waals surface area contributed by atoms with Gasteiger partial charge in [0, 0.05) is 12.2 Å². The Kier molecular flexibility index (Phi) is 9.42. The van der Waals surface area contributed by atoms with Gasteiger partial charge in [-0.15, -0.1) is 5.43 Å². The van der Waals surface area contributed by atoms with Gasteiger partial charge in [0.1, 0.15) is 6.04 Å². The molecular weight excluding hydrogens is 523 g/mol. The van der Waals surface area contributed by atoms with Crippen molar-refractivity contribution in [3.8, 4) is 0 Å². The SMILES string of the molecule is CSCCC(=O)N[C@@H](CCCNC1NN1[N+](=O)[O-])C(=O)N[C@@H](CC(C)C)B1O[C@@H]2C[C@@H]3C[C@@H](C3(C)C)[C@]2(C)O1. The zero-order chi connectivity index (χ0) is 28.5. The Morgan fingerprint density at radius 2 is 2.00 bits per heavy atom. The van der Waals surface area contributed by atoms with Gasteiger partial charge in [-0.05, 0) is 80.1 Å². The van der Waals surface area contributed by atoms with E-state index in [2.05, 4.69) is 56.0 Å². The van der Waals surface area contributed by atoms with Crippen molar-refractivity contribution in [1.29, 1.82) is 0 Å². The first kappa shape index (κ1) is 30.4. The molecule has 0 spiro atoms. The summed E-state index contributed by atoms with van der Waals surface area (Å²) in [6.07, 6.45) is 5.54. The second kappa shape index (κ2) is 12.1. The molecule has 220 valence electrons. The van der Waals surface area contributed by atoms with Gasteiger partial charge in [-0.3, -0.25) is 14.9 Å². The van der Waals surface area contributed by atoms with Gasteiger partial charge < -0.3 is 19.9 Å². The van der Waals surface area contributed by atoms with Crippen LogP contribution in [-0.4, -0.2) is 77.6 Å². The van der Waals surface area contributed by atoms with Crippen LogP contribution in [0.4, 0.5) is 0 Å². The van der Waals surface area contributed by atoms with E-state index in [1.165, 1.54) is 0 Å². The molecule has 0 aromatic carbocycles. The third-order valence-electron chi connectivity index (χ3n) is 9.15. The normalized spacial score (nSPS) is 31.8. The second-order valence-electron chi connectivity index (χ2n) is 12.7. The van der Waals surface area contributed by atoms with E-state index in [-0.39, 0.29) is 34.9 Å². The lowest BCUT2D eigenvalue weighted by atomic mass is 9.43. The number of hydrogen-bond donors (Lipinski definition) is 4. The molecule has 0 aromatic heterocycles. The number of carbonyl (C=O) groups is 2. The average molecular weight is 569 g/mol. The minimum Gasteiger partial charge on any atom is -0.404 e. The predicted molar refractivity (Wildman–Crippen MR) is 149 cm³/mol. The van der Waals surface area contributed by atoms with Crippen LogP contribution >= 0.6 is 11.8 Å². The van der Waals surface area contributed by atoms with E-state index in [1.54, 1.807) is 11.8 Å². The van der Waals surface area contributed by atoms with Gasteiger partial charge in [0.25, 0.3) is 0 Å². The van der Waals surface area contributed by atoms with E-state index < -0.39 is 24.5 Å². The van der Waals surface area contributed by atoms with E-state index in [4.69, 9.17) is 9.31 Å². The number of rotatable bonds is 15. The van der Waals surface area contributed by atoms with E-state index in [9.17, 15) is 19.7 Å². The summed E-state index contributed by atoms with van der Waals surface area (Å²) in [5.41, 5.74) is 2.45. The maximum Gasteiger partial charge on any atom is 0.481 e. The van der Waals surface area contributed by atoms with Crippen molar-refractivity contribution in [1.82, 2.24) is 26.5 Å². The summed E-state index contributed by atoms with van der Waals surface area (Å²) in [4.78, 5) is 36.9. The summed E-state index contributed by atoms with van der Waals surface area (Å²) in [5, 5.41) is 20.2. The standard InChI is InChI=1S/C25H45BN6O6S/c1-15(2)12-20(26-37-19-14-16-13-18(24(16,3)4)25(19,5)38-26)29-22(34)17(28-21(33)9-11-39-6)8-7-10-27-23-30-31(23)32(35)36/h15-20,23,27,30H,7-14H2,1-6H3,(H,28,33)(H,29,34)/t16-,17-,18-,19+,20-,23?,25-,31?/m0/s1. The number of nitrogens with one attached hydrogen (secondary N) is 4. The maximum absolute atomic E-state index is 13.6. The molecule has 5 aliphatic rings. The highest BCUT2D eigenvalue weighted by Crippen LogP contribution is 2.65. The van der Waals surface area contributed by atoms with Gasteiger partial charge in [0.2, 0.25) is 18.1 Å². The van der Waals surface area contributed by atoms with Crippen LogP contribution in [-0.2, 0) is 18.9 Å². The molecule has 2 bridgehead atoms. The molecule has 2 saturated heterocycles. The molecule has 3 saturated carbocycles. The van der Waals surface area contributed by atoms with Crippen molar-refractivity contribution in [2.24, 2.45) is 23.2 Å². The molecule has 5 fully saturated rings. The largest absolute Gasteiger partial charge is 0.481 e. The van der Waals surface area contributed by atoms with Gasteiger partial charge in [-0.1, -0.05) is 27.7 Å². The lowest BCUT2D eigenvalue weighted by Crippen LogP contribution is -2.65. The van der Waals surface area contributed by atoms with Gasteiger partial charge in [0.15, 0.2) is 5.03 Å². The molecular formula is C25H45BN6O6S. The number of nitrogens with zero attached hydrogens (tertiary/aromatic N) is 2. The number of hydrazine groups is 2. The molecule has 4 N–H and O–H groups in total. The lowest BCUT2D eigenvalue weighted by molar-refractivity contribution is -0.627. The first-order chi connectivity index (χ1) is 18.4. The summed E-state index contributed by atoms with van der Waals surface area (Å²) < 4.78 is 13.2. The molecule has 1 unspecified atom stereocenters. The molecule has 12 nitrogen and oxygen atoms in total. The number of thioether (sulfide) groups is 1. The molecule has 14 heteroatoms. The minimum absolute atomic E-state index is 0.0220. The van der Waals surface area contributed by atoms with Crippen molar-refractivity contribution in [3.63, 3.8) is 0 Å². The van der Waals surface area contributed by atoms with E-state index in [0.29, 0.717) is 55.7 Å². The molecule has 5 rings (SSSR count). The molecule has 2 amide bonds. The first-order valence-corrected chi connectivity index (χ1v) is 15.6. The fraction of sp³-hybridized carbons (Fsp3) is 0.920. The molecule has 0 radical (unpaired) electrons. The Morgan fingerprint density at radius 1 is 1.26 bits per heavy atom. The van der Waals surface area contributed by atoms with E-state index in [0.717, 1.165) is 18.0 Å². The molecule has 0 aromatic rings. The monoisotopic (exact) mass is 568 g/mol. The van der Waals surface area contributed by atoms with Gasteiger partial charge in [-0.2, -0.15) is 11.8 Å². The van der Waals surface area contributed by atoms with E-state index >= 15 is 0 Å². The number of carbonyl (C=O) groups excluding carboxylic acids is 2. The van der Waals surface area contributed by atoms with Crippen molar-refractivity contribution in [3.05, 3.63) is 10.1 Å². The van der Waals surface area contributed by atoms with Gasteiger partial charge >= 0.3 is 7.12 Å². The number of nitro groups is 1. The van der Waals surface area contributed by atoms with Crippen LogP contribution in [0.5, 0.6) is 0 Å². The predicted octanol–water partition coefficient (Wildman–Crippen LogP) is 1.69. The van der Waals surface area contributed by atoms with E-state index in [1.807, 2.05) is 6.26 Å². The fourth-order valence-corrected chi connectivity index (χ4v) is 7.13. The number of amides is 2. The highest BCUT2D eigenvalue weighted by Gasteiger charge is 2.68. The summed E-state index contributed by atoms with van der Waals surface area (Å²) in [5.74, 6) is 1.27. The van der Waals surface area contributed by atoms with Crippen LogP contribution in [0.25, 0.3) is 0 Å². The number of hydrogen-bond acceptors (Lipinski definition) is 9. The first-order valence-electron chi connectivity index (χ1n) is 14.2.